The number of carboxylic acid groups (broad SMARTS) is 8. The van der Waals surface area contributed by atoms with Crippen molar-refractivity contribution >= 4 is 119 Å². The predicted molar refractivity (Wildman–Crippen MR) is 288 cm³/mol. The number of aliphatic hydroxyl groups excluding tert-OH is 1. The maximum absolute atomic E-state index is 11.5. The van der Waals surface area contributed by atoms with Gasteiger partial charge in [-0.3, -0.25) is 29.2 Å². The molecule has 0 aliphatic heterocycles. The van der Waals surface area contributed by atoms with Crippen LogP contribution in [0.15, 0.2) is 97.1 Å². The van der Waals surface area contributed by atoms with Crippen molar-refractivity contribution in [2.45, 2.75) is 13.8 Å². The number of anilines is 6. The molecule has 461 valence electrons. The van der Waals surface area contributed by atoms with Gasteiger partial charge in [-0.05, 0) is 98.2 Å². The van der Waals surface area contributed by atoms with Gasteiger partial charge >= 0.3 is 266 Å². The van der Waals surface area contributed by atoms with Crippen molar-refractivity contribution in [2.24, 2.45) is 0 Å². The van der Waals surface area contributed by atoms with E-state index in [1.165, 1.54) is 9.80 Å². The molecule has 42 heteroatoms. The van der Waals surface area contributed by atoms with Crippen LogP contribution in [0.3, 0.4) is 0 Å². The van der Waals surface area contributed by atoms with E-state index in [2.05, 4.69) is 29.1 Å². The number of carboxylic acids is 8. The molecule has 0 unspecified atom stereocenters. The molecule has 0 spiro atoms. The molecular formula is C51H63BClN11Na9O20. The number of aliphatic carboxylic acids is 8. The minimum Gasteiger partial charge on any atom is -0.549 e. The second-order valence-electron chi connectivity index (χ2n) is 16.2. The van der Waals surface area contributed by atoms with Gasteiger partial charge in [0.1, 0.15) is 6.29 Å². The number of carbonyl (C=O) groups excluding carboxylic acids is 11. The van der Waals surface area contributed by atoms with Crippen molar-refractivity contribution in [3.05, 3.63) is 104 Å². The fraction of sp³-hybridized carbons (Fsp3) is 0.333. The number of aldehydes is 1. The van der Waals surface area contributed by atoms with E-state index < -0.39 is 105 Å². The fourth-order valence-corrected chi connectivity index (χ4v) is 5.26. The van der Waals surface area contributed by atoms with Crippen LogP contribution in [0.5, 0.6) is 0 Å². The third-order valence-electron chi connectivity index (χ3n) is 8.80. The molecule has 0 aliphatic rings. The molecule has 0 bridgehead atoms. The average Bonchev–Trinajstić information content (AvgIpc) is 3.48. The van der Waals surface area contributed by atoms with Gasteiger partial charge in [-0.2, -0.15) is 0 Å². The van der Waals surface area contributed by atoms with Gasteiger partial charge in [0.15, 0.2) is 0 Å². The molecule has 3 radical (unpaired) electrons. The van der Waals surface area contributed by atoms with Crippen LogP contribution in [0, 0.1) is 11.8 Å². The zero-order valence-electron chi connectivity index (χ0n) is 54.7. The summed E-state index contributed by atoms with van der Waals surface area (Å²) < 4.78 is 0. The molecule has 0 heterocycles. The molecule has 0 saturated carbocycles. The molecule has 3 rings (SSSR count). The van der Waals surface area contributed by atoms with E-state index in [9.17, 15) is 93.6 Å². The molecule has 3 aromatic rings. The number of benzene rings is 3. The van der Waals surface area contributed by atoms with Gasteiger partial charge in [0, 0.05) is 139 Å². The maximum Gasteiger partial charge on any atom is 1.00 e. The summed E-state index contributed by atoms with van der Waals surface area (Å²) in [5, 5.41) is 105. The summed E-state index contributed by atoms with van der Waals surface area (Å²) in [5.74, 6) is -11.3. The molecule has 0 atom stereocenters. The normalized spacial score (nSPS) is 8.62. The quantitative estimate of drug-likeness (QED) is 0.00785. The number of hydrogen-bond acceptors (Lipinski definition) is 30. The SMILES string of the molecule is C=C(C)C(=O)Cl.C=C(C)C(=O)Nc1ccc(NCCN(CC(=O)[O-])CC(=O)[O-])cc1.Nc1ccc(N)cc1.Nc1ccc(NCCN(CC(=O)[O-])CC(=O)[O-])cc1.O=C([O-])CN(CCO)CC(=O)[O-].O=CCN(CC(=O)[O-])CC(=O)[O-].[B].[C-]#N.[Na+].[Na+].[Na+].[Na+].[Na+].[Na+].[Na+].[Na+].[Na+]. The molecule has 0 aliphatic carbocycles. The third kappa shape index (κ3) is 87.4. The topological polar surface area (TPSA) is 543 Å². The summed E-state index contributed by atoms with van der Waals surface area (Å²) in [5.41, 5.74) is 21.4. The van der Waals surface area contributed by atoms with E-state index in [1.807, 2.05) is 0 Å². The predicted octanol–water partition coefficient (Wildman–Crippen LogP) is -37.4. The van der Waals surface area contributed by atoms with E-state index in [-0.39, 0.29) is 313 Å². The van der Waals surface area contributed by atoms with Crippen LogP contribution in [0.2, 0.25) is 0 Å². The number of hydrogen-bond donors (Lipinski definition) is 7. The summed E-state index contributed by atoms with van der Waals surface area (Å²) in [6.45, 7) is 11.2. The minimum atomic E-state index is -1.43. The summed E-state index contributed by atoms with van der Waals surface area (Å²) in [6, 6.07) is 21.0. The van der Waals surface area contributed by atoms with Crippen molar-refractivity contribution < 1.29 is 365 Å². The van der Waals surface area contributed by atoms with Gasteiger partial charge in [0.2, 0.25) is 5.24 Å². The number of aliphatic hydroxyl groups is 1. The minimum absolute atomic E-state index is 0. The van der Waals surface area contributed by atoms with E-state index in [0.717, 1.165) is 32.5 Å². The van der Waals surface area contributed by atoms with Crippen LogP contribution in [0.25, 0.3) is 0 Å². The summed E-state index contributed by atoms with van der Waals surface area (Å²) in [4.78, 5) is 118. The average molecular weight is 1400 g/mol. The molecule has 0 saturated heterocycles. The Kier molecular flexibility index (Phi) is 108. The monoisotopic (exact) mass is 1400 g/mol. The van der Waals surface area contributed by atoms with Crippen LogP contribution in [-0.4, -0.2) is 197 Å². The van der Waals surface area contributed by atoms with Crippen LogP contribution in [-0.2, 0) is 52.7 Å². The van der Waals surface area contributed by atoms with Gasteiger partial charge in [-0.1, -0.05) is 13.2 Å². The number of nitrogen functional groups attached to an aromatic ring is 3. The Morgan fingerprint density at radius 3 is 0.892 bits per heavy atom. The first-order valence-electron chi connectivity index (χ1n) is 23.4. The maximum atomic E-state index is 11.5. The first-order chi connectivity index (χ1) is 38.8. The molecule has 93 heavy (non-hydrogen) atoms. The van der Waals surface area contributed by atoms with Gasteiger partial charge in [-0.25, -0.2) is 0 Å². The first-order valence-corrected chi connectivity index (χ1v) is 23.8. The number of halogens is 1. The summed E-state index contributed by atoms with van der Waals surface area (Å²) in [7, 11) is 0. The Hall–Kier alpha value is -0.645. The number of nitrogens with zero attached hydrogens (tertiary/aromatic N) is 5. The largest absolute Gasteiger partial charge is 1.00 e. The van der Waals surface area contributed by atoms with Gasteiger partial charge in [0.25, 0.3) is 5.91 Å². The zero-order valence-corrected chi connectivity index (χ0v) is 73.4. The first kappa shape index (κ1) is 126. The van der Waals surface area contributed by atoms with Crippen LogP contribution in [0.1, 0.15) is 13.8 Å². The standard InChI is InChI=1S/C16H21N3O5.C12H17N3O4.C6H8N2.C6H11NO5.C6H9NO5.C4H5ClO.CN.B.9Na/c1-11(2)16(24)18-13-5-3-12(4-6-13)17-7-8-19(9-14(20)21)10-15(22)23;13-9-1-3-10(4-2-9)14-5-6-15(7-11(16)17)8-12(18)19;7-5-1-2-6(8)4-3-5;2*8-2-1-7(3-5(9)10)4-6(11)12;1-3(2)4(5)6;1-2;;;;;;;;;;/h3-6,17H,1,7-10H2,2H3,(H,18,24)(H,20,21)(H,22,23);1-4,14H,5-8,13H2,(H,16,17)(H,18,19);1-4H,7-8H2;8H,1-4H2,(H,9,10)(H,11,12);2H,1,3-4H2,(H,9,10)(H,11,12);1H2,2H3;;;;;;;;;;;/q;;;;;;-1;;9*+1/p-8. The van der Waals surface area contributed by atoms with Gasteiger partial charge < -0.3 is 134 Å². The number of nitrogens with one attached hydrogen (secondary N) is 3. The zero-order chi connectivity index (χ0) is 64.6. The van der Waals surface area contributed by atoms with Gasteiger partial charge in [0.05, 0.1) is 60.9 Å². The van der Waals surface area contributed by atoms with Gasteiger partial charge in [-0.15, -0.1) is 0 Å². The Morgan fingerprint density at radius 1 is 0.462 bits per heavy atom. The fourth-order valence-electron chi connectivity index (χ4n) is 5.26. The number of carbonyl (C=O) groups is 11. The van der Waals surface area contributed by atoms with E-state index in [0.29, 0.717) is 41.9 Å². The summed E-state index contributed by atoms with van der Waals surface area (Å²) in [6.07, 6.45) is 0.409. The molecule has 0 fully saturated rings. The second kappa shape index (κ2) is 80.3. The van der Waals surface area contributed by atoms with Crippen molar-refractivity contribution in [1.82, 2.24) is 19.6 Å². The van der Waals surface area contributed by atoms with Crippen molar-refractivity contribution in [3.8, 4) is 0 Å². The Bertz CT molecular complexity index is 2490. The molecule has 0 aromatic heterocycles. The third-order valence-corrected chi connectivity index (χ3v) is 9.12. The Balaban J connectivity index is -0.0000000684. The van der Waals surface area contributed by atoms with Crippen LogP contribution in [0.4, 0.5) is 34.1 Å². The molecule has 31 nitrogen and oxygen atoms in total. The molecular weight excluding hydrogens is 1340 g/mol. The number of amides is 1. The number of allylic oxidation sites excluding steroid dienone is 1. The smallest absolute Gasteiger partial charge is 0.549 e. The van der Waals surface area contributed by atoms with Crippen molar-refractivity contribution in [2.75, 3.05) is 131 Å². The van der Waals surface area contributed by atoms with E-state index >= 15 is 0 Å². The number of nitrogens with two attached hydrogens (primary N) is 3. The molecule has 10 N–H and O–H groups in total. The van der Waals surface area contributed by atoms with E-state index in [1.54, 1.807) is 86.6 Å². The number of rotatable bonds is 31. The van der Waals surface area contributed by atoms with E-state index in [4.69, 9.17) is 45.7 Å². The second-order valence-corrected chi connectivity index (χ2v) is 16.5. The molecule has 3 aromatic carbocycles. The van der Waals surface area contributed by atoms with Crippen molar-refractivity contribution in [3.63, 3.8) is 0 Å². The van der Waals surface area contributed by atoms with Crippen LogP contribution < -0.4 is 340 Å². The Morgan fingerprint density at radius 2 is 0.677 bits per heavy atom. The summed E-state index contributed by atoms with van der Waals surface area (Å²) >= 11 is 4.87. The van der Waals surface area contributed by atoms with Crippen molar-refractivity contribution in [1.29, 1.82) is 5.26 Å². The van der Waals surface area contributed by atoms with Crippen LogP contribution >= 0.6 is 11.6 Å². The Labute approximate surface area is 746 Å². The molecule has 1 amide bonds.